The van der Waals surface area contributed by atoms with Crippen LogP contribution in [0.3, 0.4) is 0 Å². The van der Waals surface area contributed by atoms with Crippen molar-refractivity contribution < 1.29 is 13.9 Å². The SMILES string of the molecule is O=c1oc2ccccc2c2oc3cc(Br)c(O)c(CN4CCCCC4)c3c12. The van der Waals surface area contributed by atoms with Crippen LogP contribution in [0, 0.1) is 0 Å². The normalized spacial score (nSPS) is 15.9. The topological polar surface area (TPSA) is 66.8 Å². The van der Waals surface area contributed by atoms with E-state index < -0.39 is 5.63 Å². The Morgan fingerprint density at radius 2 is 1.81 bits per heavy atom. The maximum absolute atomic E-state index is 12.8. The average Bonchev–Trinajstić information content (AvgIpc) is 3.06. The Kier molecular flexibility index (Phi) is 3.98. The summed E-state index contributed by atoms with van der Waals surface area (Å²) in [6.45, 7) is 2.55. The number of halogens is 1. The van der Waals surface area contributed by atoms with Crippen LogP contribution in [-0.4, -0.2) is 23.1 Å². The van der Waals surface area contributed by atoms with Gasteiger partial charge in [0.15, 0.2) is 5.58 Å². The van der Waals surface area contributed by atoms with Crippen LogP contribution in [0.1, 0.15) is 24.8 Å². The molecule has 0 unspecified atom stereocenters. The third-order valence-electron chi connectivity index (χ3n) is 5.38. The Labute approximate surface area is 163 Å². The third-order valence-corrected chi connectivity index (χ3v) is 5.98. The second-order valence-electron chi connectivity index (χ2n) is 7.09. The molecule has 5 nitrogen and oxygen atoms in total. The Bertz CT molecular complexity index is 1230. The molecule has 0 saturated carbocycles. The molecule has 2 aromatic carbocycles. The summed E-state index contributed by atoms with van der Waals surface area (Å²) < 4.78 is 12.2. The number of nitrogens with zero attached hydrogens (tertiary/aromatic N) is 1. The summed E-state index contributed by atoms with van der Waals surface area (Å²) in [5.74, 6) is 0.156. The lowest BCUT2D eigenvalue weighted by Gasteiger charge is -2.27. The molecular formula is C21H18BrNO4. The van der Waals surface area contributed by atoms with E-state index in [9.17, 15) is 9.90 Å². The summed E-state index contributed by atoms with van der Waals surface area (Å²) in [5.41, 5.74) is 1.85. The first kappa shape index (κ1) is 16.8. The number of benzene rings is 2. The zero-order valence-electron chi connectivity index (χ0n) is 14.6. The van der Waals surface area contributed by atoms with Crippen LogP contribution >= 0.6 is 15.9 Å². The molecule has 1 N–H and O–H groups in total. The number of hydrogen-bond acceptors (Lipinski definition) is 5. The summed E-state index contributed by atoms with van der Waals surface area (Å²) in [7, 11) is 0. The summed E-state index contributed by atoms with van der Waals surface area (Å²) in [6, 6.07) is 9.06. The molecule has 3 heterocycles. The number of phenolic OH excluding ortho intramolecular Hbond substituents is 1. The van der Waals surface area contributed by atoms with E-state index in [4.69, 9.17) is 8.83 Å². The number of hydrogen-bond donors (Lipinski definition) is 1. The standard InChI is InChI=1S/C21H18BrNO4/c22-14-10-16-17(13(19(14)24)11-23-8-4-1-5-9-23)18-20(26-16)12-6-2-3-7-15(12)27-21(18)25/h2-3,6-7,10,24H,1,4-5,8-9,11H2. The van der Waals surface area contributed by atoms with E-state index in [2.05, 4.69) is 20.8 Å². The summed E-state index contributed by atoms with van der Waals surface area (Å²) in [5, 5.41) is 12.6. The van der Waals surface area contributed by atoms with E-state index in [1.807, 2.05) is 18.2 Å². The first-order valence-corrected chi connectivity index (χ1v) is 9.93. The highest BCUT2D eigenvalue weighted by Gasteiger charge is 2.24. The number of aromatic hydroxyl groups is 1. The van der Waals surface area contributed by atoms with Crippen molar-refractivity contribution in [1.82, 2.24) is 4.90 Å². The van der Waals surface area contributed by atoms with Gasteiger partial charge in [0.25, 0.3) is 0 Å². The number of para-hydroxylation sites is 1. The molecule has 6 heteroatoms. The van der Waals surface area contributed by atoms with Crippen LogP contribution in [0.2, 0.25) is 0 Å². The molecule has 0 atom stereocenters. The van der Waals surface area contributed by atoms with Crippen molar-refractivity contribution in [2.45, 2.75) is 25.8 Å². The Morgan fingerprint density at radius 3 is 2.63 bits per heavy atom. The molecule has 27 heavy (non-hydrogen) atoms. The van der Waals surface area contributed by atoms with Gasteiger partial charge in [-0.25, -0.2) is 4.79 Å². The number of piperidine rings is 1. The zero-order valence-corrected chi connectivity index (χ0v) is 16.2. The van der Waals surface area contributed by atoms with Gasteiger partial charge in [-0.2, -0.15) is 0 Å². The first-order valence-electron chi connectivity index (χ1n) is 9.14. The van der Waals surface area contributed by atoms with Gasteiger partial charge >= 0.3 is 5.63 Å². The average molecular weight is 428 g/mol. The quantitative estimate of drug-likeness (QED) is 0.448. The van der Waals surface area contributed by atoms with Gasteiger partial charge in [0.1, 0.15) is 22.3 Å². The van der Waals surface area contributed by atoms with Gasteiger partial charge in [0, 0.05) is 17.5 Å². The molecule has 4 aromatic rings. The molecule has 0 amide bonds. The molecular weight excluding hydrogens is 410 g/mol. The van der Waals surface area contributed by atoms with Gasteiger partial charge in [-0.15, -0.1) is 0 Å². The molecule has 5 rings (SSSR count). The second kappa shape index (κ2) is 6.39. The van der Waals surface area contributed by atoms with Gasteiger partial charge in [-0.1, -0.05) is 18.6 Å². The van der Waals surface area contributed by atoms with Crippen molar-refractivity contribution in [3.8, 4) is 5.75 Å². The first-order chi connectivity index (χ1) is 13.1. The van der Waals surface area contributed by atoms with E-state index in [1.165, 1.54) is 6.42 Å². The van der Waals surface area contributed by atoms with Crippen LogP contribution in [-0.2, 0) is 6.54 Å². The Hall–Kier alpha value is -2.31. The highest BCUT2D eigenvalue weighted by molar-refractivity contribution is 9.10. The predicted octanol–water partition coefficient (Wildman–Crippen LogP) is 5.15. The zero-order chi connectivity index (χ0) is 18.5. The number of phenols is 1. The minimum atomic E-state index is -0.441. The van der Waals surface area contributed by atoms with Crippen molar-refractivity contribution in [2.75, 3.05) is 13.1 Å². The van der Waals surface area contributed by atoms with E-state index in [0.29, 0.717) is 44.1 Å². The Balaban J connectivity index is 1.85. The molecule has 1 saturated heterocycles. The van der Waals surface area contributed by atoms with Crippen molar-refractivity contribution in [3.05, 3.63) is 50.8 Å². The van der Waals surface area contributed by atoms with Gasteiger partial charge in [-0.05, 0) is 60.1 Å². The highest BCUT2D eigenvalue weighted by Crippen LogP contribution is 2.41. The van der Waals surface area contributed by atoms with Crippen molar-refractivity contribution in [3.63, 3.8) is 0 Å². The summed E-state index contributed by atoms with van der Waals surface area (Å²) in [4.78, 5) is 15.1. The van der Waals surface area contributed by atoms with Crippen molar-refractivity contribution >= 4 is 48.8 Å². The molecule has 1 aliphatic rings. The maximum Gasteiger partial charge on any atom is 0.348 e. The van der Waals surface area contributed by atoms with Crippen molar-refractivity contribution in [1.29, 1.82) is 0 Å². The smallest absolute Gasteiger partial charge is 0.348 e. The molecule has 138 valence electrons. The fourth-order valence-corrected chi connectivity index (χ4v) is 4.52. The lowest BCUT2D eigenvalue weighted by Crippen LogP contribution is -2.29. The fraction of sp³-hybridized carbons (Fsp3) is 0.286. The molecule has 1 fully saturated rings. The monoisotopic (exact) mass is 427 g/mol. The van der Waals surface area contributed by atoms with Crippen molar-refractivity contribution in [2.24, 2.45) is 0 Å². The molecule has 0 spiro atoms. The Morgan fingerprint density at radius 1 is 1.04 bits per heavy atom. The van der Waals surface area contributed by atoms with Crippen LogP contribution in [0.15, 0.2) is 48.4 Å². The van der Waals surface area contributed by atoms with Gasteiger partial charge in [0.05, 0.1) is 9.86 Å². The maximum atomic E-state index is 12.8. The second-order valence-corrected chi connectivity index (χ2v) is 7.94. The lowest BCUT2D eigenvalue weighted by molar-refractivity contribution is 0.219. The number of likely N-dealkylation sites (tertiary alicyclic amines) is 1. The number of furan rings is 1. The molecule has 0 aliphatic carbocycles. The number of rotatable bonds is 2. The van der Waals surface area contributed by atoms with E-state index in [0.717, 1.165) is 31.3 Å². The van der Waals surface area contributed by atoms with E-state index in [1.54, 1.807) is 12.1 Å². The highest BCUT2D eigenvalue weighted by atomic mass is 79.9. The van der Waals surface area contributed by atoms with Crippen LogP contribution < -0.4 is 5.63 Å². The molecule has 2 aromatic heterocycles. The van der Waals surface area contributed by atoms with Gasteiger partial charge < -0.3 is 13.9 Å². The third kappa shape index (κ3) is 2.66. The fourth-order valence-electron chi connectivity index (χ4n) is 4.07. The van der Waals surface area contributed by atoms with Crippen LogP contribution in [0.5, 0.6) is 5.75 Å². The number of fused-ring (bicyclic) bond motifs is 5. The molecule has 1 aliphatic heterocycles. The minimum absolute atomic E-state index is 0.156. The van der Waals surface area contributed by atoms with Crippen LogP contribution in [0.4, 0.5) is 0 Å². The molecule has 0 bridgehead atoms. The molecule has 0 radical (unpaired) electrons. The largest absolute Gasteiger partial charge is 0.506 e. The minimum Gasteiger partial charge on any atom is -0.506 e. The summed E-state index contributed by atoms with van der Waals surface area (Å²) in [6.07, 6.45) is 3.54. The van der Waals surface area contributed by atoms with Crippen LogP contribution in [0.25, 0.3) is 32.9 Å². The van der Waals surface area contributed by atoms with E-state index in [-0.39, 0.29) is 5.75 Å². The lowest BCUT2D eigenvalue weighted by atomic mass is 10.0. The van der Waals surface area contributed by atoms with Gasteiger partial charge in [-0.3, -0.25) is 4.90 Å². The van der Waals surface area contributed by atoms with E-state index >= 15 is 0 Å². The summed E-state index contributed by atoms with van der Waals surface area (Å²) >= 11 is 3.43. The van der Waals surface area contributed by atoms with Gasteiger partial charge in [0.2, 0.25) is 0 Å². The predicted molar refractivity (Wildman–Crippen MR) is 108 cm³/mol.